The van der Waals surface area contributed by atoms with E-state index in [1.165, 1.54) is 0 Å². The molecule has 0 aliphatic carbocycles. The molecule has 1 atom stereocenters. The van der Waals surface area contributed by atoms with Crippen molar-refractivity contribution < 1.29 is 4.79 Å². The van der Waals surface area contributed by atoms with E-state index in [9.17, 15) is 4.79 Å². The Kier molecular flexibility index (Phi) is 4.84. The van der Waals surface area contributed by atoms with E-state index < -0.39 is 6.04 Å². The zero-order valence-corrected chi connectivity index (χ0v) is 16.3. The van der Waals surface area contributed by atoms with E-state index in [1.54, 1.807) is 12.3 Å². The third-order valence-electron chi connectivity index (χ3n) is 4.70. The molecule has 0 radical (unpaired) electrons. The van der Waals surface area contributed by atoms with Crippen LogP contribution in [0.5, 0.6) is 0 Å². The zero-order chi connectivity index (χ0) is 19.7. The number of aryl methyl sites for hydroxylation is 1. The Bertz CT molecular complexity index is 1150. The third-order valence-corrected chi connectivity index (χ3v) is 5.10. The number of amides is 1. The van der Waals surface area contributed by atoms with Crippen molar-refractivity contribution >= 4 is 34.2 Å². The highest BCUT2D eigenvalue weighted by Crippen LogP contribution is 2.28. The number of para-hydroxylation sites is 2. The van der Waals surface area contributed by atoms with Gasteiger partial charge in [0.05, 0.1) is 11.0 Å². The molecule has 2 aromatic carbocycles. The van der Waals surface area contributed by atoms with Gasteiger partial charge in [0.2, 0.25) is 5.91 Å². The Morgan fingerprint density at radius 1 is 1.11 bits per heavy atom. The van der Waals surface area contributed by atoms with Gasteiger partial charge in [-0.25, -0.2) is 4.98 Å². The molecule has 0 bridgehead atoms. The van der Waals surface area contributed by atoms with Gasteiger partial charge in [-0.05, 0) is 55.8 Å². The number of hydrogen-bond donors (Lipinski definition) is 1. The molecule has 4 rings (SSSR count). The van der Waals surface area contributed by atoms with E-state index in [-0.39, 0.29) is 5.91 Å². The summed E-state index contributed by atoms with van der Waals surface area (Å²) in [5, 5.41) is 3.57. The maximum atomic E-state index is 13.0. The lowest BCUT2D eigenvalue weighted by molar-refractivity contribution is -0.118. The van der Waals surface area contributed by atoms with Gasteiger partial charge < -0.3 is 9.88 Å². The number of nitrogens with zero attached hydrogens (tertiary/aromatic N) is 3. The highest BCUT2D eigenvalue weighted by molar-refractivity contribution is 6.31. The summed E-state index contributed by atoms with van der Waals surface area (Å²) in [4.78, 5) is 22.1. The topological polar surface area (TPSA) is 59.8 Å². The molecule has 1 unspecified atom stereocenters. The van der Waals surface area contributed by atoms with Crippen molar-refractivity contribution in [1.29, 1.82) is 0 Å². The Balaban J connectivity index is 1.74. The SMILES string of the molecule is Cc1ccc(NC(=O)C(C)n2c(-c3ccccn3)nc3ccccc32)cc1Cl. The molecule has 0 aliphatic rings. The minimum absolute atomic E-state index is 0.153. The number of pyridine rings is 1. The van der Waals surface area contributed by atoms with Crippen molar-refractivity contribution in [1.82, 2.24) is 14.5 Å². The van der Waals surface area contributed by atoms with Gasteiger partial charge in [-0.3, -0.25) is 9.78 Å². The van der Waals surface area contributed by atoms with Crippen LogP contribution >= 0.6 is 11.6 Å². The van der Waals surface area contributed by atoms with E-state index >= 15 is 0 Å². The number of hydrogen-bond acceptors (Lipinski definition) is 3. The van der Waals surface area contributed by atoms with Crippen molar-refractivity contribution in [3.8, 4) is 11.5 Å². The van der Waals surface area contributed by atoms with E-state index in [0.29, 0.717) is 16.5 Å². The molecule has 4 aromatic rings. The summed E-state index contributed by atoms with van der Waals surface area (Å²) in [5.74, 6) is 0.506. The number of carbonyl (C=O) groups is 1. The second kappa shape index (κ2) is 7.44. The summed E-state index contributed by atoms with van der Waals surface area (Å²) in [6, 6.07) is 18.4. The Morgan fingerprint density at radius 3 is 2.64 bits per heavy atom. The first-order valence-electron chi connectivity index (χ1n) is 9.00. The highest BCUT2D eigenvalue weighted by atomic mass is 35.5. The van der Waals surface area contributed by atoms with Crippen LogP contribution in [-0.2, 0) is 4.79 Å². The standard InChI is InChI=1S/C22H19ClN4O/c1-14-10-11-16(13-17(14)23)25-22(28)15(2)27-20-9-4-3-7-18(20)26-21(27)19-8-5-6-12-24-19/h3-13,15H,1-2H3,(H,25,28). The predicted octanol–water partition coefficient (Wildman–Crippen LogP) is 5.26. The first kappa shape index (κ1) is 18.2. The molecule has 5 nitrogen and oxygen atoms in total. The summed E-state index contributed by atoms with van der Waals surface area (Å²) >= 11 is 6.19. The summed E-state index contributed by atoms with van der Waals surface area (Å²) in [6.07, 6.45) is 1.72. The van der Waals surface area contributed by atoms with Gasteiger partial charge in [0.1, 0.15) is 11.7 Å². The summed E-state index contributed by atoms with van der Waals surface area (Å²) in [5.41, 5.74) is 4.05. The maximum absolute atomic E-state index is 13.0. The van der Waals surface area contributed by atoms with Crippen molar-refractivity contribution in [2.75, 3.05) is 5.32 Å². The molecule has 6 heteroatoms. The molecule has 0 aliphatic heterocycles. The third kappa shape index (κ3) is 3.37. The molecule has 140 valence electrons. The van der Waals surface area contributed by atoms with E-state index in [2.05, 4.69) is 10.3 Å². The maximum Gasteiger partial charge on any atom is 0.247 e. The molecular formula is C22H19ClN4O. The number of benzene rings is 2. The van der Waals surface area contributed by atoms with Crippen LogP contribution in [0.4, 0.5) is 5.69 Å². The van der Waals surface area contributed by atoms with Crippen LogP contribution in [0.1, 0.15) is 18.5 Å². The molecule has 1 amide bonds. The van der Waals surface area contributed by atoms with Gasteiger partial charge in [-0.15, -0.1) is 0 Å². The van der Waals surface area contributed by atoms with E-state index in [0.717, 1.165) is 22.3 Å². The molecule has 0 spiro atoms. The largest absolute Gasteiger partial charge is 0.324 e. The second-order valence-corrected chi connectivity index (χ2v) is 7.05. The number of nitrogens with one attached hydrogen (secondary N) is 1. The van der Waals surface area contributed by atoms with Crippen LogP contribution in [0.2, 0.25) is 5.02 Å². The number of aromatic nitrogens is 3. The summed E-state index contributed by atoms with van der Waals surface area (Å²) < 4.78 is 1.92. The van der Waals surface area contributed by atoms with Crippen LogP contribution in [0.3, 0.4) is 0 Å². The lowest BCUT2D eigenvalue weighted by Crippen LogP contribution is -2.24. The molecule has 0 fully saturated rings. The van der Waals surface area contributed by atoms with E-state index in [4.69, 9.17) is 16.6 Å². The van der Waals surface area contributed by atoms with Crippen molar-refractivity contribution in [2.45, 2.75) is 19.9 Å². The first-order chi connectivity index (χ1) is 13.5. The lowest BCUT2D eigenvalue weighted by Gasteiger charge is -2.17. The molecular weight excluding hydrogens is 372 g/mol. The van der Waals surface area contributed by atoms with Gasteiger partial charge in [-0.2, -0.15) is 0 Å². The first-order valence-corrected chi connectivity index (χ1v) is 9.38. The number of rotatable bonds is 4. The molecule has 0 saturated heterocycles. The molecule has 28 heavy (non-hydrogen) atoms. The normalized spacial score (nSPS) is 12.1. The van der Waals surface area contributed by atoms with Crippen LogP contribution in [0.15, 0.2) is 66.9 Å². The molecule has 1 N–H and O–H groups in total. The fourth-order valence-electron chi connectivity index (χ4n) is 3.15. The number of carbonyl (C=O) groups excluding carboxylic acids is 1. The Morgan fingerprint density at radius 2 is 1.89 bits per heavy atom. The number of anilines is 1. The Hall–Kier alpha value is -3.18. The van der Waals surface area contributed by atoms with Gasteiger partial charge in [-0.1, -0.05) is 35.9 Å². The zero-order valence-electron chi connectivity index (χ0n) is 15.6. The molecule has 0 saturated carbocycles. The van der Waals surface area contributed by atoms with Gasteiger partial charge in [0.25, 0.3) is 0 Å². The minimum atomic E-state index is -0.496. The van der Waals surface area contributed by atoms with Crippen molar-refractivity contribution in [2.24, 2.45) is 0 Å². The number of fused-ring (bicyclic) bond motifs is 1. The van der Waals surface area contributed by atoms with Crippen molar-refractivity contribution in [3.63, 3.8) is 0 Å². The van der Waals surface area contributed by atoms with Crippen LogP contribution in [-0.4, -0.2) is 20.4 Å². The van der Waals surface area contributed by atoms with Crippen LogP contribution in [0.25, 0.3) is 22.6 Å². The monoisotopic (exact) mass is 390 g/mol. The second-order valence-electron chi connectivity index (χ2n) is 6.64. The fourth-order valence-corrected chi connectivity index (χ4v) is 3.33. The van der Waals surface area contributed by atoms with Gasteiger partial charge >= 0.3 is 0 Å². The van der Waals surface area contributed by atoms with Crippen molar-refractivity contribution in [3.05, 3.63) is 77.4 Å². The molecule has 2 heterocycles. The van der Waals surface area contributed by atoms with Gasteiger partial charge in [0.15, 0.2) is 5.82 Å². The number of imidazole rings is 1. The molecule has 2 aromatic heterocycles. The van der Waals surface area contributed by atoms with Gasteiger partial charge in [0, 0.05) is 16.9 Å². The lowest BCUT2D eigenvalue weighted by atomic mass is 10.2. The average molecular weight is 391 g/mol. The van der Waals surface area contributed by atoms with E-state index in [1.807, 2.05) is 73.0 Å². The van der Waals surface area contributed by atoms with Crippen LogP contribution in [0, 0.1) is 6.92 Å². The fraction of sp³-hybridized carbons (Fsp3) is 0.136. The average Bonchev–Trinajstić information content (AvgIpc) is 3.10. The quantitative estimate of drug-likeness (QED) is 0.517. The highest BCUT2D eigenvalue weighted by Gasteiger charge is 2.23. The number of halogens is 1. The minimum Gasteiger partial charge on any atom is -0.324 e. The smallest absolute Gasteiger partial charge is 0.247 e. The van der Waals surface area contributed by atoms with Crippen LogP contribution < -0.4 is 5.32 Å². The predicted molar refractivity (Wildman–Crippen MR) is 112 cm³/mol. The summed E-state index contributed by atoms with van der Waals surface area (Å²) in [7, 11) is 0. The summed E-state index contributed by atoms with van der Waals surface area (Å²) in [6.45, 7) is 3.78. The Labute approximate surface area is 168 Å².